The van der Waals surface area contributed by atoms with E-state index in [2.05, 4.69) is 49.2 Å². The number of nitrogens with zero attached hydrogens (tertiary/aromatic N) is 1. The normalized spacial score (nSPS) is 15.0. The van der Waals surface area contributed by atoms with E-state index < -0.39 is 0 Å². The molecule has 0 radical (unpaired) electrons. The summed E-state index contributed by atoms with van der Waals surface area (Å²) in [5, 5.41) is 3.50. The van der Waals surface area contributed by atoms with Crippen LogP contribution in [0.5, 0.6) is 5.75 Å². The molecule has 0 atom stereocenters. The van der Waals surface area contributed by atoms with Gasteiger partial charge in [0.2, 0.25) is 0 Å². The second-order valence-electron chi connectivity index (χ2n) is 6.19. The molecule has 0 aromatic heterocycles. The van der Waals surface area contributed by atoms with E-state index in [1.165, 1.54) is 36.9 Å². The molecule has 2 rings (SSSR count). The van der Waals surface area contributed by atoms with Gasteiger partial charge in [-0.25, -0.2) is 0 Å². The van der Waals surface area contributed by atoms with Gasteiger partial charge < -0.3 is 15.0 Å². The summed E-state index contributed by atoms with van der Waals surface area (Å²) in [6.07, 6.45) is 5.28. The largest absolute Gasteiger partial charge is 0.489 e. The van der Waals surface area contributed by atoms with Gasteiger partial charge in [-0.3, -0.25) is 0 Å². The first kappa shape index (κ1) is 16.2. The summed E-state index contributed by atoms with van der Waals surface area (Å²) in [6.45, 7) is 10.7. The molecular weight excluding hydrogens is 260 g/mol. The number of hydrogen-bond donors (Lipinski definition) is 1. The Hall–Kier alpha value is -1.22. The highest BCUT2D eigenvalue weighted by Crippen LogP contribution is 2.32. The highest BCUT2D eigenvalue weighted by molar-refractivity contribution is 5.60. The van der Waals surface area contributed by atoms with Crippen LogP contribution in [0, 0.1) is 0 Å². The van der Waals surface area contributed by atoms with Gasteiger partial charge in [-0.15, -0.1) is 0 Å². The number of benzene rings is 1. The SMILES string of the molecule is CCCCNCc1ccc(N2CCCC2)c(OC(C)C)c1. The van der Waals surface area contributed by atoms with Gasteiger partial charge in [-0.05, 0) is 57.4 Å². The molecule has 0 unspecified atom stereocenters. The molecule has 0 saturated carbocycles. The number of anilines is 1. The smallest absolute Gasteiger partial charge is 0.143 e. The van der Waals surface area contributed by atoms with Crippen LogP contribution in [0.4, 0.5) is 5.69 Å². The lowest BCUT2D eigenvalue weighted by Gasteiger charge is -2.23. The minimum Gasteiger partial charge on any atom is -0.489 e. The van der Waals surface area contributed by atoms with Crippen molar-refractivity contribution < 1.29 is 4.74 Å². The third-order valence-corrected chi connectivity index (χ3v) is 3.87. The second kappa shape index (κ2) is 8.28. The minimum atomic E-state index is 0.217. The van der Waals surface area contributed by atoms with Crippen molar-refractivity contribution in [1.82, 2.24) is 5.32 Å². The average Bonchev–Trinajstić information content (AvgIpc) is 2.97. The Kier molecular flexibility index (Phi) is 6.37. The predicted octanol–water partition coefficient (Wildman–Crippen LogP) is 3.96. The van der Waals surface area contributed by atoms with Crippen molar-refractivity contribution in [2.75, 3.05) is 24.5 Å². The second-order valence-corrected chi connectivity index (χ2v) is 6.19. The standard InChI is InChI=1S/C18H30N2O/c1-4-5-10-19-14-16-8-9-17(20-11-6-7-12-20)18(13-16)21-15(2)3/h8-9,13,15,19H,4-7,10-12,14H2,1-3H3. The Morgan fingerprint density at radius 2 is 2.00 bits per heavy atom. The molecule has 21 heavy (non-hydrogen) atoms. The van der Waals surface area contributed by atoms with Crippen molar-refractivity contribution in [2.45, 2.75) is 59.1 Å². The lowest BCUT2D eigenvalue weighted by molar-refractivity contribution is 0.242. The van der Waals surface area contributed by atoms with Crippen LogP contribution in [0.1, 0.15) is 52.0 Å². The van der Waals surface area contributed by atoms with E-state index in [-0.39, 0.29) is 6.10 Å². The molecule has 0 aliphatic carbocycles. The molecular formula is C18H30N2O. The third-order valence-electron chi connectivity index (χ3n) is 3.87. The number of rotatable bonds is 8. The summed E-state index contributed by atoms with van der Waals surface area (Å²) in [7, 11) is 0. The summed E-state index contributed by atoms with van der Waals surface area (Å²) in [6, 6.07) is 6.69. The van der Waals surface area contributed by atoms with Crippen LogP contribution in [-0.4, -0.2) is 25.7 Å². The highest BCUT2D eigenvalue weighted by Gasteiger charge is 2.17. The Labute approximate surface area is 129 Å². The molecule has 118 valence electrons. The van der Waals surface area contributed by atoms with E-state index in [4.69, 9.17) is 4.74 Å². The lowest BCUT2D eigenvalue weighted by Crippen LogP contribution is -2.20. The van der Waals surface area contributed by atoms with E-state index >= 15 is 0 Å². The maximum absolute atomic E-state index is 6.06. The molecule has 1 N–H and O–H groups in total. The van der Waals surface area contributed by atoms with Gasteiger partial charge in [0.05, 0.1) is 11.8 Å². The number of ether oxygens (including phenoxy) is 1. The van der Waals surface area contributed by atoms with Crippen LogP contribution >= 0.6 is 0 Å². The van der Waals surface area contributed by atoms with E-state index in [9.17, 15) is 0 Å². The third kappa shape index (κ3) is 4.92. The van der Waals surface area contributed by atoms with Crippen molar-refractivity contribution in [2.24, 2.45) is 0 Å². The van der Waals surface area contributed by atoms with E-state index in [1.807, 2.05) is 0 Å². The summed E-state index contributed by atoms with van der Waals surface area (Å²) in [4.78, 5) is 2.45. The van der Waals surface area contributed by atoms with Gasteiger partial charge in [0.25, 0.3) is 0 Å². The minimum absolute atomic E-state index is 0.217. The van der Waals surface area contributed by atoms with Crippen LogP contribution in [-0.2, 0) is 6.54 Å². The topological polar surface area (TPSA) is 24.5 Å². The molecule has 1 aromatic rings. The summed E-state index contributed by atoms with van der Waals surface area (Å²) >= 11 is 0. The maximum Gasteiger partial charge on any atom is 0.143 e. The summed E-state index contributed by atoms with van der Waals surface area (Å²) in [5.41, 5.74) is 2.57. The lowest BCUT2D eigenvalue weighted by atomic mass is 10.1. The monoisotopic (exact) mass is 290 g/mol. The molecule has 0 spiro atoms. The summed E-state index contributed by atoms with van der Waals surface area (Å²) < 4.78 is 6.06. The maximum atomic E-state index is 6.06. The molecule has 0 amide bonds. The molecule has 1 aliphatic rings. The van der Waals surface area contributed by atoms with E-state index in [0.29, 0.717) is 0 Å². The van der Waals surface area contributed by atoms with Crippen molar-refractivity contribution in [3.05, 3.63) is 23.8 Å². The first-order valence-corrected chi connectivity index (χ1v) is 8.46. The van der Waals surface area contributed by atoms with E-state index in [0.717, 1.165) is 31.9 Å². The van der Waals surface area contributed by atoms with Gasteiger partial charge in [-0.2, -0.15) is 0 Å². The van der Waals surface area contributed by atoms with Gasteiger partial charge >= 0.3 is 0 Å². The molecule has 1 aliphatic heterocycles. The molecule has 1 fully saturated rings. The molecule has 1 saturated heterocycles. The molecule has 1 heterocycles. The molecule has 3 heteroatoms. The Bertz CT molecular complexity index is 425. The van der Waals surface area contributed by atoms with Gasteiger partial charge in [0.1, 0.15) is 5.75 Å². The Morgan fingerprint density at radius 1 is 1.24 bits per heavy atom. The molecule has 1 aromatic carbocycles. The number of nitrogens with one attached hydrogen (secondary N) is 1. The molecule has 3 nitrogen and oxygen atoms in total. The Morgan fingerprint density at radius 3 is 2.67 bits per heavy atom. The zero-order valence-electron chi connectivity index (χ0n) is 13.8. The van der Waals surface area contributed by atoms with Crippen LogP contribution < -0.4 is 15.0 Å². The zero-order valence-corrected chi connectivity index (χ0v) is 13.8. The predicted molar refractivity (Wildman–Crippen MR) is 90.3 cm³/mol. The highest BCUT2D eigenvalue weighted by atomic mass is 16.5. The first-order chi connectivity index (χ1) is 10.2. The quantitative estimate of drug-likeness (QED) is 0.733. The summed E-state index contributed by atoms with van der Waals surface area (Å²) in [5.74, 6) is 1.04. The van der Waals surface area contributed by atoms with Crippen molar-refractivity contribution in [3.8, 4) is 5.75 Å². The fourth-order valence-corrected chi connectivity index (χ4v) is 2.77. The van der Waals surface area contributed by atoms with Crippen molar-refractivity contribution >= 4 is 5.69 Å². The van der Waals surface area contributed by atoms with Crippen LogP contribution in [0.2, 0.25) is 0 Å². The average molecular weight is 290 g/mol. The Balaban J connectivity index is 2.06. The van der Waals surface area contributed by atoms with Crippen LogP contribution in [0.3, 0.4) is 0 Å². The zero-order chi connectivity index (χ0) is 15.1. The van der Waals surface area contributed by atoms with Gasteiger partial charge in [0, 0.05) is 19.6 Å². The fourth-order valence-electron chi connectivity index (χ4n) is 2.77. The van der Waals surface area contributed by atoms with Crippen LogP contribution in [0.25, 0.3) is 0 Å². The number of unbranched alkanes of at least 4 members (excludes halogenated alkanes) is 1. The van der Waals surface area contributed by atoms with Gasteiger partial charge in [-0.1, -0.05) is 19.4 Å². The van der Waals surface area contributed by atoms with Crippen LogP contribution in [0.15, 0.2) is 18.2 Å². The fraction of sp³-hybridized carbons (Fsp3) is 0.667. The van der Waals surface area contributed by atoms with E-state index in [1.54, 1.807) is 0 Å². The first-order valence-electron chi connectivity index (χ1n) is 8.46. The van der Waals surface area contributed by atoms with Crippen molar-refractivity contribution in [1.29, 1.82) is 0 Å². The molecule has 0 bridgehead atoms. The van der Waals surface area contributed by atoms with Gasteiger partial charge in [0.15, 0.2) is 0 Å². The van der Waals surface area contributed by atoms with Crippen molar-refractivity contribution in [3.63, 3.8) is 0 Å². The number of hydrogen-bond acceptors (Lipinski definition) is 3.